The van der Waals surface area contributed by atoms with Crippen molar-refractivity contribution in [3.05, 3.63) is 0 Å². The summed E-state index contributed by atoms with van der Waals surface area (Å²) in [6, 6.07) is 0.400. The van der Waals surface area contributed by atoms with Gasteiger partial charge in [-0.2, -0.15) is 0 Å². The Kier molecular flexibility index (Phi) is 21.1. The minimum absolute atomic E-state index is 0.0486. The Bertz CT molecular complexity index is 472. The van der Waals surface area contributed by atoms with Crippen molar-refractivity contribution in [3.8, 4) is 0 Å². The molecule has 7 heteroatoms. The maximum absolute atomic E-state index is 12.1. The van der Waals surface area contributed by atoms with E-state index in [2.05, 4.69) is 24.5 Å². The van der Waals surface area contributed by atoms with E-state index in [1.54, 1.807) is 0 Å². The lowest BCUT2D eigenvalue weighted by atomic mass is 10.0. The second-order valence-corrected chi connectivity index (χ2v) is 8.91. The smallest absolute Gasteiger partial charge is 0.225 e. The van der Waals surface area contributed by atoms with E-state index in [-0.39, 0.29) is 30.3 Å². The Hall–Kier alpha value is -1.18. The molecule has 0 bridgehead atoms. The number of aliphatic hydroxyl groups excluding tert-OH is 1. The number of amides is 2. The average molecular weight is 459 g/mol. The fourth-order valence-electron chi connectivity index (χ4n) is 3.64. The van der Waals surface area contributed by atoms with Gasteiger partial charge in [0, 0.05) is 63.8 Å². The van der Waals surface area contributed by atoms with Crippen LogP contribution in [0.3, 0.4) is 0 Å². The van der Waals surface area contributed by atoms with Gasteiger partial charge < -0.3 is 25.5 Å². The third-order valence-corrected chi connectivity index (χ3v) is 5.30. The fourth-order valence-corrected chi connectivity index (χ4v) is 3.64. The van der Waals surface area contributed by atoms with Crippen LogP contribution < -0.4 is 10.6 Å². The van der Waals surface area contributed by atoms with E-state index in [1.165, 1.54) is 0 Å². The van der Waals surface area contributed by atoms with Crippen LogP contribution in [-0.4, -0.2) is 85.7 Å². The molecule has 3 N–H and O–H groups in total. The average Bonchev–Trinajstić information content (AvgIpc) is 2.80. The summed E-state index contributed by atoms with van der Waals surface area (Å²) in [6.45, 7) is 21.1. The number of nitrogens with one attached hydrogen (secondary N) is 2. The summed E-state index contributed by atoms with van der Waals surface area (Å²) in [7, 11) is 1.95. The van der Waals surface area contributed by atoms with Crippen molar-refractivity contribution in [2.24, 2.45) is 17.8 Å². The third kappa shape index (κ3) is 14.1. The second-order valence-electron chi connectivity index (χ2n) is 8.91. The molecule has 1 rings (SSSR count). The van der Waals surface area contributed by atoms with Crippen molar-refractivity contribution in [2.45, 2.75) is 80.7 Å². The Labute approximate surface area is 198 Å². The van der Waals surface area contributed by atoms with Crippen molar-refractivity contribution in [2.75, 3.05) is 52.9 Å². The molecule has 32 heavy (non-hydrogen) atoms. The number of likely N-dealkylation sites (N-methyl/N-ethyl adjacent to an activating group) is 1. The predicted molar refractivity (Wildman–Crippen MR) is 136 cm³/mol. The van der Waals surface area contributed by atoms with Gasteiger partial charge in [-0.05, 0) is 25.8 Å². The van der Waals surface area contributed by atoms with Crippen LogP contribution in [0.2, 0.25) is 0 Å². The lowest BCUT2D eigenvalue weighted by molar-refractivity contribution is -0.136. The van der Waals surface area contributed by atoms with E-state index in [9.17, 15) is 9.59 Å². The molecule has 1 heterocycles. The highest BCUT2D eigenvalue weighted by Crippen LogP contribution is 2.11. The highest BCUT2D eigenvalue weighted by molar-refractivity contribution is 5.78. The molecule has 192 valence electrons. The molecule has 2 amide bonds. The zero-order valence-corrected chi connectivity index (χ0v) is 22.5. The minimum atomic E-state index is 0.0486. The van der Waals surface area contributed by atoms with Crippen molar-refractivity contribution >= 4 is 11.8 Å². The summed E-state index contributed by atoms with van der Waals surface area (Å²) in [4.78, 5) is 27.7. The summed E-state index contributed by atoms with van der Waals surface area (Å²) >= 11 is 0. The molecule has 0 aromatic heterocycles. The highest BCUT2D eigenvalue weighted by atomic mass is 16.3. The molecule has 1 aliphatic rings. The molecule has 7 nitrogen and oxygen atoms in total. The van der Waals surface area contributed by atoms with Crippen molar-refractivity contribution in [3.63, 3.8) is 0 Å². The minimum Gasteiger partial charge on any atom is -0.396 e. The van der Waals surface area contributed by atoms with Gasteiger partial charge >= 0.3 is 0 Å². The molecule has 1 fully saturated rings. The highest BCUT2D eigenvalue weighted by Gasteiger charge is 2.25. The first-order valence-electron chi connectivity index (χ1n) is 12.8. The number of aliphatic hydroxyl groups is 1. The molecule has 1 aliphatic heterocycles. The van der Waals surface area contributed by atoms with Gasteiger partial charge in [0.25, 0.3) is 0 Å². The number of hydrogen-bond donors (Lipinski definition) is 3. The fraction of sp³-hybridized carbons (Fsp3) is 0.920. The van der Waals surface area contributed by atoms with Crippen LogP contribution in [0, 0.1) is 17.8 Å². The van der Waals surface area contributed by atoms with Gasteiger partial charge in [-0.3, -0.25) is 9.59 Å². The van der Waals surface area contributed by atoms with E-state index in [0.29, 0.717) is 18.5 Å². The number of nitrogens with zero attached hydrogens (tertiary/aromatic N) is 2. The summed E-state index contributed by atoms with van der Waals surface area (Å²) < 4.78 is 0. The number of hydrogen-bond acceptors (Lipinski definition) is 5. The van der Waals surface area contributed by atoms with Crippen molar-refractivity contribution < 1.29 is 14.7 Å². The first-order chi connectivity index (χ1) is 15.2. The van der Waals surface area contributed by atoms with Gasteiger partial charge in [-0.25, -0.2) is 0 Å². The molecule has 0 radical (unpaired) electrons. The Morgan fingerprint density at radius 2 is 1.78 bits per heavy atom. The standard InChI is InChI=1S/C12H25N3O.C11H23NO2.C2H6/c1-4-5-10(2)12(16)15-7-6-14-11(9-15)8-13-3;1-5-6-12(7-10(4)8-13)11(14)9(2)3;1-2/h10-11,13-14H,4-9H2,1-3H3;9-10,13H,5-8H2,1-4H3;1-2H3. The Balaban J connectivity index is 0. The molecule has 1 saturated heterocycles. The maximum atomic E-state index is 12.1. The lowest BCUT2D eigenvalue weighted by Crippen LogP contribution is -2.56. The zero-order chi connectivity index (χ0) is 25.1. The van der Waals surface area contributed by atoms with Gasteiger partial charge in [0.2, 0.25) is 11.8 Å². The quantitative estimate of drug-likeness (QED) is 0.443. The van der Waals surface area contributed by atoms with Crippen LogP contribution in [0.4, 0.5) is 0 Å². The van der Waals surface area contributed by atoms with Crippen LogP contribution in [0.1, 0.15) is 74.7 Å². The van der Waals surface area contributed by atoms with E-state index < -0.39 is 0 Å². The first kappa shape index (κ1) is 33.0. The molecular formula is C25H54N4O3. The number of carbonyl (C=O) groups is 2. The number of piperazine rings is 1. The first-order valence-corrected chi connectivity index (χ1v) is 12.8. The van der Waals surface area contributed by atoms with E-state index in [0.717, 1.165) is 52.0 Å². The van der Waals surface area contributed by atoms with Gasteiger partial charge in [0.1, 0.15) is 0 Å². The second kappa shape index (κ2) is 20.4. The maximum Gasteiger partial charge on any atom is 0.225 e. The summed E-state index contributed by atoms with van der Waals surface area (Å²) in [5.74, 6) is 0.909. The Morgan fingerprint density at radius 3 is 2.25 bits per heavy atom. The molecule has 3 atom stereocenters. The Morgan fingerprint density at radius 1 is 1.16 bits per heavy atom. The van der Waals surface area contributed by atoms with Crippen LogP contribution in [0.15, 0.2) is 0 Å². The monoisotopic (exact) mass is 458 g/mol. The van der Waals surface area contributed by atoms with E-state index in [4.69, 9.17) is 5.11 Å². The summed E-state index contributed by atoms with van der Waals surface area (Å²) in [5.41, 5.74) is 0. The largest absolute Gasteiger partial charge is 0.396 e. The van der Waals surface area contributed by atoms with Crippen molar-refractivity contribution in [1.82, 2.24) is 20.4 Å². The molecular weight excluding hydrogens is 404 g/mol. The molecule has 0 aliphatic carbocycles. The number of rotatable bonds is 11. The molecule has 0 aromatic rings. The van der Waals surface area contributed by atoms with Crippen LogP contribution in [-0.2, 0) is 9.59 Å². The van der Waals surface area contributed by atoms with Gasteiger partial charge in [0.05, 0.1) is 0 Å². The van der Waals surface area contributed by atoms with Crippen LogP contribution in [0.25, 0.3) is 0 Å². The summed E-state index contributed by atoms with van der Waals surface area (Å²) in [6.07, 6.45) is 3.05. The van der Waals surface area contributed by atoms with E-state index in [1.807, 2.05) is 58.4 Å². The summed E-state index contributed by atoms with van der Waals surface area (Å²) in [5, 5.41) is 15.5. The van der Waals surface area contributed by atoms with E-state index >= 15 is 0 Å². The van der Waals surface area contributed by atoms with Crippen LogP contribution in [0.5, 0.6) is 0 Å². The SMILES string of the molecule is CC.CCCC(C)C(=O)N1CCNC(CNC)C1.CCCN(CC(C)CO)C(=O)C(C)C. The molecule has 3 unspecified atom stereocenters. The number of carbonyl (C=O) groups excluding carboxylic acids is 2. The topological polar surface area (TPSA) is 84.9 Å². The van der Waals surface area contributed by atoms with Gasteiger partial charge in [0.15, 0.2) is 0 Å². The van der Waals surface area contributed by atoms with Gasteiger partial charge in [-0.1, -0.05) is 61.8 Å². The molecule has 0 saturated carbocycles. The van der Waals surface area contributed by atoms with Crippen molar-refractivity contribution in [1.29, 1.82) is 0 Å². The third-order valence-electron chi connectivity index (χ3n) is 5.30. The van der Waals surface area contributed by atoms with Crippen LogP contribution >= 0.6 is 0 Å². The molecule has 0 aromatic carbocycles. The molecule has 0 spiro atoms. The van der Waals surface area contributed by atoms with Gasteiger partial charge in [-0.15, -0.1) is 0 Å². The predicted octanol–water partition coefficient (Wildman–Crippen LogP) is 2.98. The zero-order valence-electron chi connectivity index (χ0n) is 22.5. The normalized spacial score (nSPS) is 17.5. The lowest BCUT2D eigenvalue weighted by Gasteiger charge is -2.35.